The quantitative estimate of drug-likeness (QED) is 0.150. The van der Waals surface area contributed by atoms with Crippen LogP contribution < -0.4 is 0 Å². The number of amides is 1. The summed E-state index contributed by atoms with van der Waals surface area (Å²) < 4.78 is 6.27. The monoisotopic (exact) mass is 439 g/mol. The van der Waals surface area contributed by atoms with Crippen molar-refractivity contribution in [3.05, 3.63) is 0 Å². The van der Waals surface area contributed by atoms with Crippen LogP contribution in [0.25, 0.3) is 0 Å². The second kappa shape index (κ2) is 16.5. The Labute approximate surface area is 192 Å². The van der Waals surface area contributed by atoms with E-state index in [4.69, 9.17) is 4.74 Å². The number of carbonyl (C=O) groups excluding carboxylic acids is 2. The zero-order valence-corrected chi connectivity index (χ0v) is 21.1. The fraction of sp³-hybridized carbons (Fsp3) is 0.923. The standard InChI is InChI=1S/C26H51N2O3/c1-5-6-7-8-9-10-11-12-13-14-15-16-17-18-21-31-26(30)24-22-25(29)27(23-24)19-20-28(2,3)4/h24H,5-23H2,1-4H3/q+1. The molecule has 0 N–H and O–H groups in total. The van der Waals surface area contributed by atoms with Gasteiger partial charge in [0.2, 0.25) is 5.91 Å². The molecule has 1 fully saturated rings. The predicted molar refractivity (Wildman–Crippen MR) is 129 cm³/mol. The molecule has 182 valence electrons. The van der Waals surface area contributed by atoms with E-state index in [0.29, 0.717) is 26.1 Å². The largest absolute Gasteiger partial charge is 0.465 e. The lowest BCUT2D eigenvalue weighted by atomic mass is 10.0. The molecule has 5 heteroatoms. The Morgan fingerprint density at radius 3 is 1.84 bits per heavy atom. The molecule has 1 atom stereocenters. The molecule has 0 spiro atoms. The number of quaternary nitrogens is 1. The van der Waals surface area contributed by atoms with E-state index in [1.165, 1.54) is 77.0 Å². The fourth-order valence-corrected chi connectivity index (χ4v) is 4.15. The third-order valence-electron chi connectivity index (χ3n) is 6.33. The van der Waals surface area contributed by atoms with Gasteiger partial charge in [-0.2, -0.15) is 0 Å². The number of rotatable bonds is 19. The van der Waals surface area contributed by atoms with Crippen molar-refractivity contribution in [3.63, 3.8) is 0 Å². The maximum atomic E-state index is 12.3. The van der Waals surface area contributed by atoms with Crippen molar-refractivity contribution in [2.24, 2.45) is 5.92 Å². The van der Waals surface area contributed by atoms with Crippen molar-refractivity contribution >= 4 is 11.9 Å². The van der Waals surface area contributed by atoms with Gasteiger partial charge in [0.1, 0.15) is 0 Å². The number of unbranched alkanes of at least 4 members (excludes halogenated alkanes) is 13. The molecule has 0 aromatic rings. The molecule has 1 heterocycles. The van der Waals surface area contributed by atoms with Crippen LogP contribution in [0.15, 0.2) is 0 Å². The molecule has 1 saturated heterocycles. The molecule has 1 amide bonds. The SMILES string of the molecule is CCCCCCCCCCCCCCCCOC(=O)C1CC(=O)N(CC[N+](C)(C)C)C1. The number of hydrogen-bond donors (Lipinski definition) is 0. The molecular formula is C26H51N2O3+. The van der Waals surface area contributed by atoms with Crippen molar-refractivity contribution in [2.45, 2.75) is 103 Å². The highest BCUT2D eigenvalue weighted by molar-refractivity contribution is 5.86. The molecule has 0 aromatic carbocycles. The van der Waals surface area contributed by atoms with Crippen LogP contribution in [-0.4, -0.2) is 68.6 Å². The summed E-state index contributed by atoms with van der Waals surface area (Å²) in [4.78, 5) is 26.2. The van der Waals surface area contributed by atoms with Crippen LogP contribution in [0.4, 0.5) is 0 Å². The van der Waals surface area contributed by atoms with Gasteiger partial charge in [0.05, 0.1) is 46.8 Å². The topological polar surface area (TPSA) is 46.6 Å². The van der Waals surface area contributed by atoms with Gasteiger partial charge < -0.3 is 14.1 Å². The minimum atomic E-state index is -0.272. The van der Waals surface area contributed by atoms with Crippen LogP contribution in [0.1, 0.15) is 103 Å². The van der Waals surface area contributed by atoms with Gasteiger partial charge in [0.25, 0.3) is 0 Å². The van der Waals surface area contributed by atoms with Crippen molar-refractivity contribution < 1.29 is 18.8 Å². The van der Waals surface area contributed by atoms with E-state index < -0.39 is 0 Å². The zero-order valence-electron chi connectivity index (χ0n) is 21.1. The van der Waals surface area contributed by atoms with Gasteiger partial charge in [-0.1, -0.05) is 90.4 Å². The molecule has 0 saturated carbocycles. The van der Waals surface area contributed by atoms with Crippen molar-refractivity contribution in [1.82, 2.24) is 4.90 Å². The van der Waals surface area contributed by atoms with Gasteiger partial charge in [-0.3, -0.25) is 9.59 Å². The number of hydrogen-bond acceptors (Lipinski definition) is 3. The summed E-state index contributed by atoms with van der Waals surface area (Å²) >= 11 is 0. The number of carbonyl (C=O) groups is 2. The number of ether oxygens (including phenoxy) is 1. The predicted octanol–water partition coefficient (Wildman–Crippen LogP) is 5.57. The molecule has 5 nitrogen and oxygen atoms in total. The highest BCUT2D eigenvalue weighted by Crippen LogP contribution is 2.19. The second-order valence-electron chi connectivity index (χ2n) is 10.5. The summed E-state index contributed by atoms with van der Waals surface area (Å²) in [6.07, 6.45) is 18.8. The van der Waals surface area contributed by atoms with E-state index in [1.54, 1.807) is 0 Å². The molecule has 1 rings (SSSR count). The van der Waals surface area contributed by atoms with Crippen molar-refractivity contribution in [1.29, 1.82) is 0 Å². The Balaban J connectivity index is 1.92. The third-order valence-corrected chi connectivity index (χ3v) is 6.33. The van der Waals surface area contributed by atoms with E-state index in [1.807, 2.05) is 4.90 Å². The first-order valence-corrected chi connectivity index (χ1v) is 13.1. The van der Waals surface area contributed by atoms with Crippen molar-refractivity contribution in [2.75, 3.05) is 47.4 Å². The first kappa shape index (κ1) is 27.9. The van der Waals surface area contributed by atoms with E-state index in [-0.39, 0.29) is 17.8 Å². The van der Waals surface area contributed by atoms with Crippen LogP contribution in [0, 0.1) is 5.92 Å². The Hall–Kier alpha value is -1.10. The van der Waals surface area contributed by atoms with Gasteiger partial charge in [-0.05, 0) is 6.42 Å². The van der Waals surface area contributed by atoms with Crippen LogP contribution in [0.2, 0.25) is 0 Å². The normalized spacial score (nSPS) is 16.8. The van der Waals surface area contributed by atoms with Crippen LogP contribution >= 0.6 is 0 Å². The van der Waals surface area contributed by atoms with Crippen LogP contribution in [-0.2, 0) is 14.3 Å². The lowest BCUT2D eigenvalue weighted by Crippen LogP contribution is -2.42. The van der Waals surface area contributed by atoms with E-state index >= 15 is 0 Å². The third kappa shape index (κ3) is 14.6. The summed E-state index contributed by atoms with van der Waals surface area (Å²) in [6.45, 7) is 4.91. The molecule has 0 bridgehead atoms. The number of nitrogens with zero attached hydrogens (tertiary/aromatic N) is 2. The zero-order chi connectivity index (χ0) is 23.0. The van der Waals surface area contributed by atoms with Crippen LogP contribution in [0.5, 0.6) is 0 Å². The number of likely N-dealkylation sites (N-methyl/N-ethyl adjacent to an activating group) is 1. The molecule has 0 aromatic heterocycles. The summed E-state index contributed by atoms with van der Waals surface area (Å²) in [6, 6.07) is 0. The Morgan fingerprint density at radius 2 is 1.35 bits per heavy atom. The average Bonchev–Trinajstić information content (AvgIpc) is 3.09. The molecule has 1 aliphatic rings. The Morgan fingerprint density at radius 1 is 0.871 bits per heavy atom. The van der Waals surface area contributed by atoms with E-state index in [9.17, 15) is 9.59 Å². The first-order valence-electron chi connectivity index (χ1n) is 13.1. The Bertz CT molecular complexity index is 488. The van der Waals surface area contributed by atoms with Gasteiger partial charge in [-0.25, -0.2) is 0 Å². The maximum absolute atomic E-state index is 12.3. The summed E-state index contributed by atoms with van der Waals surface area (Å²) in [5.41, 5.74) is 0. The summed E-state index contributed by atoms with van der Waals surface area (Å²) in [7, 11) is 6.34. The molecule has 0 radical (unpaired) electrons. The van der Waals surface area contributed by atoms with E-state index in [2.05, 4.69) is 28.1 Å². The highest BCUT2D eigenvalue weighted by Gasteiger charge is 2.35. The molecule has 1 unspecified atom stereocenters. The fourth-order valence-electron chi connectivity index (χ4n) is 4.15. The van der Waals surface area contributed by atoms with Gasteiger partial charge in [-0.15, -0.1) is 0 Å². The summed E-state index contributed by atoms with van der Waals surface area (Å²) in [5.74, 6) is -0.366. The maximum Gasteiger partial charge on any atom is 0.311 e. The molecule has 1 aliphatic heterocycles. The lowest BCUT2D eigenvalue weighted by Gasteiger charge is -2.26. The average molecular weight is 440 g/mol. The van der Waals surface area contributed by atoms with Gasteiger partial charge in [0.15, 0.2) is 0 Å². The Kier molecular flexibility index (Phi) is 14.9. The molecular weight excluding hydrogens is 388 g/mol. The molecule has 31 heavy (non-hydrogen) atoms. The van der Waals surface area contributed by atoms with Crippen LogP contribution in [0.3, 0.4) is 0 Å². The molecule has 0 aliphatic carbocycles. The van der Waals surface area contributed by atoms with Gasteiger partial charge >= 0.3 is 5.97 Å². The number of esters is 1. The summed E-state index contributed by atoms with van der Waals surface area (Å²) in [5, 5.41) is 0. The highest BCUT2D eigenvalue weighted by atomic mass is 16.5. The lowest BCUT2D eigenvalue weighted by molar-refractivity contribution is -0.869. The number of likely N-dealkylation sites (tertiary alicyclic amines) is 1. The van der Waals surface area contributed by atoms with Gasteiger partial charge in [0, 0.05) is 13.0 Å². The first-order chi connectivity index (χ1) is 14.8. The minimum absolute atomic E-state index is 0.0897. The smallest absolute Gasteiger partial charge is 0.311 e. The van der Waals surface area contributed by atoms with E-state index in [0.717, 1.165) is 23.9 Å². The second-order valence-corrected chi connectivity index (χ2v) is 10.5. The van der Waals surface area contributed by atoms with Crippen molar-refractivity contribution in [3.8, 4) is 0 Å². The minimum Gasteiger partial charge on any atom is -0.465 e.